The van der Waals surface area contributed by atoms with Gasteiger partial charge in [0.2, 0.25) is 0 Å². The van der Waals surface area contributed by atoms with Crippen molar-refractivity contribution < 1.29 is 13.9 Å². The van der Waals surface area contributed by atoms with Gasteiger partial charge in [-0.3, -0.25) is 4.79 Å². The zero-order valence-corrected chi connectivity index (χ0v) is 15.3. The second-order valence-electron chi connectivity index (χ2n) is 6.18. The standard InChI is InChI=1S/C20H23N3O3/c1-15-13-16(2)23(21-15)18-8-6-17(7-9-18)20(24)22(10-12-25-3)14-19-5-4-11-26-19/h4-9,11,13H,10,12,14H2,1-3H3. The summed E-state index contributed by atoms with van der Waals surface area (Å²) in [6.07, 6.45) is 1.61. The van der Waals surface area contributed by atoms with E-state index in [0.717, 1.165) is 22.8 Å². The Morgan fingerprint density at radius 2 is 2.00 bits per heavy atom. The number of aromatic nitrogens is 2. The van der Waals surface area contributed by atoms with Crippen LogP contribution in [0.2, 0.25) is 0 Å². The molecule has 0 aliphatic carbocycles. The van der Waals surface area contributed by atoms with Crippen molar-refractivity contribution in [1.82, 2.24) is 14.7 Å². The van der Waals surface area contributed by atoms with E-state index in [4.69, 9.17) is 9.15 Å². The third-order valence-corrected chi connectivity index (χ3v) is 4.15. The first-order valence-electron chi connectivity index (χ1n) is 8.53. The average Bonchev–Trinajstić information content (AvgIpc) is 3.27. The lowest BCUT2D eigenvalue weighted by Crippen LogP contribution is -2.33. The van der Waals surface area contributed by atoms with E-state index in [1.54, 1.807) is 18.3 Å². The van der Waals surface area contributed by atoms with Gasteiger partial charge in [-0.05, 0) is 56.3 Å². The van der Waals surface area contributed by atoms with Gasteiger partial charge >= 0.3 is 0 Å². The molecule has 0 N–H and O–H groups in total. The molecule has 0 atom stereocenters. The summed E-state index contributed by atoms with van der Waals surface area (Å²) < 4.78 is 12.4. The molecule has 1 amide bonds. The summed E-state index contributed by atoms with van der Waals surface area (Å²) in [5, 5.41) is 4.47. The van der Waals surface area contributed by atoms with E-state index in [-0.39, 0.29) is 5.91 Å². The average molecular weight is 353 g/mol. The molecule has 0 saturated heterocycles. The molecule has 26 heavy (non-hydrogen) atoms. The summed E-state index contributed by atoms with van der Waals surface area (Å²) in [7, 11) is 1.62. The van der Waals surface area contributed by atoms with Crippen molar-refractivity contribution in [2.24, 2.45) is 0 Å². The molecule has 1 aromatic carbocycles. The summed E-state index contributed by atoms with van der Waals surface area (Å²) in [5.41, 5.74) is 3.58. The van der Waals surface area contributed by atoms with Crippen LogP contribution in [-0.4, -0.2) is 40.8 Å². The summed E-state index contributed by atoms with van der Waals surface area (Å²) in [6.45, 7) is 5.35. The molecular formula is C20H23N3O3. The summed E-state index contributed by atoms with van der Waals surface area (Å²) in [4.78, 5) is 14.6. The first-order valence-corrected chi connectivity index (χ1v) is 8.53. The van der Waals surface area contributed by atoms with E-state index >= 15 is 0 Å². The number of hydrogen-bond donors (Lipinski definition) is 0. The highest BCUT2D eigenvalue weighted by Gasteiger charge is 2.17. The van der Waals surface area contributed by atoms with Crippen molar-refractivity contribution in [2.75, 3.05) is 20.3 Å². The molecule has 136 valence electrons. The van der Waals surface area contributed by atoms with Crippen molar-refractivity contribution >= 4 is 5.91 Å². The Balaban J connectivity index is 1.79. The molecule has 0 radical (unpaired) electrons. The maximum atomic E-state index is 12.9. The molecule has 0 aliphatic heterocycles. The van der Waals surface area contributed by atoms with Crippen LogP contribution in [0.15, 0.2) is 53.1 Å². The van der Waals surface area contributed by atoms with Gasteiger partial charge in [0.05, 0.1) is 30.8 Å². The third kappa shape index (κ3) is 4.03. The fourth-order valence-electron chi connectivity index (χ4n) is 2.86. The second-order valence-corrected chi connectivity index (χ2v) is 6.18. The van der Waals surface area contributed by atoms with Crippen molar-refractivity contribution in [1.29, 1.82) is 0 Å². The number of benzene rings is 1. The number of furan rings is 1. The van der Waals surface area contributed by atoms with Gasteiger partial charge in [0.25, 0.3) is 5.91 Å². The zero-order valence-electron chi connectivity index (χ0n) is 15.3. The molecule has 2 aromatic heterocycles. The number of nitrogens with zero attached hydrogens (tertiary/aromatic N) is 3. The molecule has 6 heteroatoms. The third-order valence-electron chi connectivity index (χ3n) is 4.15. The quantitative estimate of drug-likeness (QED) is 0.653. The lowest BCUT2D eigenvalue weighted by atomic mass is 10.1. The van der Waals surface area contributed by atoms with Crippen molar-refractivity contribution in [3.63, 3.8) is 0 Å². The summed E-state index contributed by atoms with van der Waals surface area (Å²) in [6, 6.07) is 13.2. The van der Waals surface area contributed by atoms with Crippen molar-refractivity contribution in [3.8, 4) is 5.69 Å². The second kappa shape index (κ2) is 8.01. The van der Waals surface area contributed by atoms with Crippen LogP contribution in [0.4, 0.5) is 0 Å². The van der Waals surface area contributed by atoms with Gasteiger partial charge in [-0.2, -0.15) is 5.10 Å². The molecule has 6 nitrogen and oxygen atoms in total. The van der Waals surface area contributed by atoms with E-state index in [9.17, 15) is 4.79 Å². The van der Waals surface area contributed by atoms with Crippen LogP contribution >= 0.6 is 0 Å². The number of hydrogen-bond acceptors (Lipinski definition) is 4. The monoisotopic (exact) mass is 353 g/mol. The molecule has 0 bridgehead atoms. The fourth-order valence-corrected chi connectivity index (χ4v) is 2.86. The van der Waals surface area contributed by atoms with Gasteiger partial charge < -0.3 is 14.1 Å². The smallest absolute Gasteiger partial charge is 0.254 e. The van der Waals surface area contributed by atoms with Crippen LogP contribution in [0.1, 0.15) is 27.5 Å². The molecule has 0 saturated carbocycles. The Kier molecular flexibility index (Phi) is 5.53. The molecule has 0 fully saturated rings. The van der Waals surface area contributed by atoms with Crippen LogP contribution < -0.4 is 0 Å². The van der Waals surface area contributed by atoms with Crippen LogP contribution in [0.25, 0.3) is 5.69 Å². The summed E-state index contributed by atoms with van der Waals surface area (Å²) >= 11 is 0. The van der Waals surface area contributed by atoms with Gasteiger partial charge in [0.15, 0.2) is 0 Å². The van der Waals surface area contributed by atoms with Crippen LogP contribution in [0.3, 0.4) is 0 Å². The van der Waals surface area contributed by atoms with Gasteiger partial charge in [-0.1, -0.05) is 0 Å². The SMILES string of the molecule is COCCN(Cc1ccco1)C(=O)c1ccc(-n2nc(C)cc2C)cc1. The van der Waals surface area contributed by atoms with Gasteiger partial charge in [0, 0.05) is 24.9 Å². The number of amides is 1. The highest BCUT2D eigenvalue weighted by Crippen LogP contribution is 2.15. The van der Waals surface area contributed by atoms with Gasteiger partial charge in [-0.15, -0.1) is 0 Å². The van der Waals surface area contributed by atoms with E-state index in [0.29, 0.717) is 25.3 Å². The number of ether oxygens (including phenoxy) is 1. The lowest BCUT2D eigenvalue weighted by Gasteiger charge is -2.21. The Morgan fingerprint density at radius 1 is 1.23 bits per heavy atom. The number of methoxy groups -OCH3 is 1. The van der Waals surface area contributed by atoms with E-state index < -0.39 is 0 Å². The number of rotatable bonds is 7. The van der Waals surface area contributed by atoms with Crippen molar-refractivity contribution in [2.45, 2.75) is 20.4 Å². The molecule has 0 aliphatic rings. The van der Waals surface area contributed by atoms with E-state index in [1.807, 2.05) is 61.0 Å². The minimum atomic E-state index is -0.0571. The van der Waals surface area contributed by atoms with E-state index in [1.165, 1.54) is 0 Å². The number of carbonyl (C=O) groups excluding carboxylic acids is 1. The maximum absolute atomic E-state index is 12.9. The number of carbonyl (C=O) groups is 1. The molecule has 3 rings (SSSR count). The largest absolute Gasteiger partial charge is 0.467 e. The Bertz CT molecular complexity index is 851. The molecule has 3 aromatic rings. The predicted octanol–water partition coefficient (Wildman–Crippen LogP) is 3.37. The molecular weight excluding hydrogens is 330 g/mol. The normalized spacial score (nSPS) is 10.9. The van der Waals surface area contributed by atoms with Gasteiger partial charge in [-0.25, -0.2) is 4.68 Å². The Hall–Kier alpha value is -2.86. The van der Waals surface area contributed by atoms with Crippen LogP contribution in [0, 0.1) is 13.8 Å². The zero-order chi connectivity index (χ0) is 18.5. The highest BCUT2D eigenvalue weighted by molar-refractivity contribution is 5.94. The molecule has 0 unspecified atom stereocenters. The van der Waals surface area contributed by atoms with Crippen molar-refractivity contribution in [3.05, 3.63) is 71.4 Å². The molecule has 0 spiro atoms. The minimum Gasteiger partial charge on any atom is -0.467 e. The Labute approximate surface area is 153 Å². The Morgan fingerprint density at radius 3 is 2.58 bits per heavy atom. The topological polar surface area (TPSA) is 60.5 Å². The first kappa shape index (κ1) is 17.9. The predicted molar refractivity (Wildman–Crippen MR) is 98.4 cm³/mol. The van der Waals surface area contributed by atoms with Gasteiger partial charge in [0.1, 0.15) is 5.76 Å². The van der Waals surface area contributed by atoms with Crippen LogP contribution in [0.5, 0.6) is 0 Å². The first-order chi connectivity index (χ1) is 12.6. The number of aryl methyl sites for hydroxylation is 2. The molecule has 2 heterocycles. The summed E-state index contributed by atoms with van der Waals surface area (Å²) in [5.74, 6) is 0.687. The fraction of sp³-hybridized carbons (Fsp3) is 0.300. The highest BCUT2D eigenvalue weighted by atomic mass is 16.5. The maximum Gasteiger partial charge on any atom is 0.254 e. The minimum absolute atomic E-state index is 0.0571. The van der Waals surface area contributed by atoms with E-state index in [2.05, 4.69) is 5.10 Å². The lowest BCUT2D eigenvalue weighted by molar-refractivity contribution is 0.0666. The van der Waals surface area contributed by atoms with Crippen LogP contribution in [-0.2, 0) is 11.3 Å².